The number of anilines is 1. The summed E-state index contributed by atoms with van der Waals surface area (Å²) in [5, 5.41) is 0. The predicted molar refractivity (Wildman–Crippen MR) is 78.4 cm³/mol. The summed E-state index contributed by atoms with van der Waals surface area (Å²) in [4.78, 5) is 18.0. The summed E-state index contributed by atoms with van der Waals surface area (Å²) < 4.78 is 0. The second kappa shape index (κ2) is 5.96. The molecule has 0 N–H and O–H groups in total. The van der Waals surface area contributed by atoms with Crippen molar-refractivity contribution in [3.8, 4) is 0 Å². The van der Waals surface area contributed by atoms with E-state index in [0.29, 0.717) is 5.56 Å². The normalized spacial score (nSPS) is 10.6. The average Bonchev–Trinajstić information content (AvgIpc) is 2.46. The number of aromatic nitrogens is 1. The molecule has 0 aliphatic rings. The van der Waals surface area contributed by atoms with E-state index in [9.17, 15) is 4.79 Å². The third kappa shape index (κ3) is 3.52. The van der Waals surface area contributed by atoms with E-state index in [1.807, 2.05) is 55.4 Å². The van der Waals surface area contributed by atoms with Gasteiger partial charge < -0.3 is 4.90 Å². The Balaban J connectivity index is 2.16. The number of hydrogen-bond donors (Lipinski definition) is 0. The van der Waals surface area contributed by atoms with Crippen LogP contribution in [0.5, 0.6) is 0 Å². The van der Waals surface area contributed by atoms with Crippen molar-refractivity contribution in [2.75, 3.05) is 19.0 Å². The van der Waals surface area contributed by atoms with Gasteiger partial charge in [-0.3, -0.25) is 9.78 Å². The molecule has 0 bridgehead atoms. The highest BCUT2D eigenvalue weighted by molar-refractivity contribution is 6.07. The van der Waals surface area contributed by atoms with Gasteiger partial charge in [-0.1, -0.05) is 18.2 Å². The summed E-state index contributed by atoms with van der Waals surface area (Å²) in [5.41, 5.74) is 2.67. The van der Waals surface area contributed by atoms with Crippen molar-refractivity contribution in [3.05, 3.63) is 66.0 Å². The van der Waals surface area contributed by atoms with Crippen LogP contribution >= 0.6 is 0 Å². The number of rotatable bonds is 4. The fraction of sp³-hybridized carbons (Fsp3) is 0.125. The molecule has 3 heteroatoms. The van der Waals surface area contributed by atoms with E-state index in [4.69, 9.17) is 0 Å². The predicted octanol–water partition coefficient (Wildman–Crippen LogP) is 3.04. The number of ketones is 1. The molecule has 0 spiro atoms. The minimum Gasteiger partial charge on any atom is -0.378 e. The Bertz CT molecular complexity index is 589. The van der Waals surface area contributed by atoms with Crippen LogP contribution in [0.1, 0.15) is 15.9 Å². The third-order valence-electron chi connectivity index (χ3n) is 2.78. The lowest BCUT2D eigenvalue weighted by molar-refractivity contribution is 0.104. The first kappa shape index (κ1) is 13.0. The van der Waals surface area contributed by atoms with Gasteiger partial charge in [-0.2, -0.15) is 0 Å². The summed E-state index contributed by atoms with van der Waals surface area (Å²) >= 11 is 0. The van der Waals surface area contributed by atoms with Crippen LogP contribution in [-0.2, 0) is 0 Å². The zero-order valence-electron chi connectivity index (χ0n) is 11.1. The van der Waals surface area contributed by atoms with Crippen molar-refractivity contribution in [2.24, 2.45) is 0 Å². The second-order valence-electron chi connectivity index (χ2n) is 4.42. The molecule has 19 heavy (non-hydrogen) atoms. The fourth-order valence-corrected chi connectivity index (χ4v) is 1.68. The van der Waals surface area contributed by atoms with Crippen molar-refractivity contribution in [2.45, 2.75) is 0 Å². The molecule has 0 saturated carbocycles. The molecular formula is C16H16N2O. The number of carbonyl (C=O) groups excluding carboxylic acids is 1. The Kier molecular flexibility index (Phi) is 4.08. The summed E-state index contributed by atoms with van der Waals surface area (Å²) in [7, 11) is 3.91. The number of nitrogens with zero attached hydrogens (tertiary/aromatic N) is 2. The van der Waals surface area contributed by atoms with Gasteiger partial charge in [0.05, 0.1) is 0 Å². The molecule has 1 heterocycles. The van der Waals surface area contributed by atoms with Gasteiger partial charge in [-0.15, -0.1) is 0 Å². The van der Waals surface area contributed by atoms with Crippen LogP contribution in [0.2, 0.25) is 0 Å². The molecule has 0 radical (unpaired) electrons. The van der Waals surface area contributed by atoms with Crippen LogP contribution in [0.15, 0.2) is 54.9 Å². The van der Waals surface area contributed by atoms with Crippen molar-refractivity contribution >= 4 is 17.5 Å². The van der Waals surface area contributed by atoms with Crippen molar-refractivity contribution in [1.29, 1.82) is 0 Å². The molecule has 0 saturated heterocycles. The summed E-state index contributed by atoms with van der Waals surface area (Å²) in [6.45, 7) is 0. The second-order valence-corrected chi connectivity index (χ2v) is 4.42. The third-order valence-corrected chi connectivity index (χ3v) is 2.78. The molecule has 0 aliphatic carbocycles. The number of allylic oxidation sites excluding steroid dienone is 1. The van der Waals surface area contributed by atoms with Crippen molar-refractivity contribution in [1.82, 2.24) is 4.98 Å². The lowest BCUT2D eigenvalue weighted by Gasteiger charge is -2.12. The standard InChI is InChI=1S/C16H16N2O/c1-18(2)15-5-3-4-14(12-15)16(19)7-6-13-8-10-17-11-9-13/h3-12H,1-2H3/b7-6+. The molecule has 1 aromatic heterocycles. The van der Waals surface area contributed by atoms with Crippen LogP contribution in [0, 0.1) is 0 Å². The maximum Gasteiger partial charge on any atom is 0.185 e. The van der Waals surface area contributed by atoms with E-state index in [2.05, 4.69) is 4.98 Å². The molecule has 0 unspecified atom stereocenters. The molecule has 1 aromatic carbocycles. The number of carbonyl (C=O) groups is 1. The van der Waals surface area contributed by atoms with Crippen LogP contribution in [0.25, 0.3) is 6.08 Å². The summed E-state index contributed by atoms with van der Waals surface area (Å²) in [6.07, 6.45) is 6.80. The van der Waals surface area contributed by atoms with E-state index >= 15 is 0 Å². The Labute approximate surface area is 113 Å². The van der Waals surface area contributed by atoms with E-state index in [-0.39, 0.29) is 5.78 Å². The first-order chi connectivity index (χ1) is 9.16. The highest BCUT2D eigenvalue weighted by Gasteiger charge is 2.03. The first-order valence-corrected chi connectivity index (χ1v) is 6.06. The molecule has 0 amide bonds. The molecule has 0 fully saturated rings. The maximum absolute atomic E-state index is 12.1. The van der Waals surface area contributed by atoms with E-state index in [0.717, 1.165) is 11.3 Å². The monoisotopic (exact) mass is 252 g/mol. The molecule has 0 atom stereocenters. The molecule has 0 aliphatic heterocycles. The molecular weight excluding hydrogens is 236 g/mol. The lowest BCUT2D eigenvalue weighted by atomic mass is 10.1. The number of hydrogen-bond acceptors (Lipinski definition) is 3. The molecule has 3 nitrogen and oxygen atoms in total. The lowest BCUT2D eigenvalue weighted by Crippen LogP contribution is -2.09. The van der Waals surface area contributed by atoms with Gasteiger partial charge in [-0.05, 0) is 35.9 Å². The largest absolute Gasteiger partial charge is 0.378 e. The summed E-state index contributed by atoms with van der Waals surface area (Å²) in [5.74, 6) is 0.000474. The molecule has 2 aromatic rings. The van der Waals surface area contributed by atoms with Gasteiger partial charge in [0.2, 0.25) is 0 Å². The smallest absolute Gasteiger partial charge is 0.185 e. The molecule has 2 rings (SSSR count). The van der Waals surface area contributed by atoms with E-state index in [1.54, 1.807) is 24.5 Å². The minimum atomic E-state index is 0.000474. The highest BCUT2D eigenvalue weighted by atomic mass is 16.1. The maximum atomic E-state index is 12.1. The highest BCUT2D eigenvalue weighted by Crippen LogP contribution is 2.14. The average molecular weight is 252 g/mol. The Morgan fingerprint density at radius 3 is 2.58 bits per heavy atom. The van der Waals surface area contributed by atoms with Gasteiger partial charge in [-0.25, -0.2) is 0 Å². The van der Waals surface area contributed by atoms with Gasteiger partial charge in [0.15, 0.2) is 5.78 Å². The Hall–Kier alpha value is -2.42. The number of benzene rings is 1. The molecule has 96 valence electrons. The van der Waals surface area contributed by atoms with Crippen LogP contribution < -0.4 is 4.90 Å². The Morgan fingerprint density at radius 1 is 1.16 bits per heavy atom. The van der Waals surface area contributed by atoms with Crippen LogP contribution in [0.4, 0.5) is 5.69 Å². The van der Waals surface area contributed by atoms with Crippen molar-refractivity contribution in [3.63, 3.8) is 0 Å². The first-order valence-electron chi connectivity index (χ1n) is 6.06. The number of pyridine rings is 1. The van der Waals surface area contributed by atoms with Crippen LogP contribution in [-0.4, -0.2) is 24.9 Å². The SMILES string of the molecule is CN(C)c1cccc(C(=O)/C=C/c2ccncc2)c1. The minimum absolute atomic E-state index is 0.000474. The van der Waals surface area contributed by atoms with Crippen molar-refractivity contribution < 1.29 is 4.79 Å². The van der Waals surface area contributed by atoms with Crippen LogP contribution in [0.3, 0.4) is 0 Å². The van der Waals surface area contributed by atoms with Gasteiger partial charge in [0, 0.05) is 37.7 Å². The van der Waals surface area contributed by atoms with Gasteiger partial charge in [0.1, 0.15) is 0 Å². The fourth-order valence-electron chi connectivity index (χ4n) is 1.68. The van der Waals surface area contributed by atoms with Gasteiger partial charge in [0.25, 0.3) is 0 Å². The Morgan fingerprint density at radius 2 is 1.89 bits per heavy atom. The summed E-state index contributed by atoms with van der Waals surface area (Å²) in [6, 6.07) is 11.3. The zero-order chi connectivity index (χ0) is 13.7. The van der Waals surface area contributed by atoms with E-state index in [1.165, 1.54) is 0 Å². The van der Waals surface area contributed by atoms with E-state index < -0.39 is 0 Å². The van der Waals surface area contributed by atoms with Gasteiger partial charge >= 0.3 is 0 Å². The quantitative estimate of drug-likeness (QED) is 0.619. The topological polar surface area (TPSA) is 33.2 Å². The zero-order valence-corrected chi connectivity index (χ0v) is 11.1.